The van der Waals surface area contributed by atoms with E-state index < -0.39 is 0 Å². The third-order valence-electron chi connectivity index (χ3n) is 3.31. The number of benzene rings is 1. The Morgan fingerprint density at radius 1 is 1.10 bits per heavy atom. The van der Waals surface area contributed by atoms with Crippen LogP contribution in [0.3, 0.4) is 0 Å². The van der Waals surface area contributed by atoms with Crippen LogP contribution in [0.15, 0.2) is 46.0 Å². The van der Waals surface area contributed by atoms with Gasteiger partial charge in [0.1, 0.15) is 5.52 Å². The van der Waals surface area contributed by atoms with Crippen molar-refractivity contribution in [2.75, 3.05) is 0 Å². The number of nitrogens with zero attached hydrogens (tertiary/aromatic N) is 1. The molecule has 0 unspecified atom stereocenters. The van der Waals surface area contributed by atoms with Crippen molar-refractivity contribution in [3.8, 4) is 11.3 Å². The van der Waals surface area contributed by atoms with Crippen LogP contribution < -0.4 is 11.2 Å². The van der Waals surface area contributed by atoms with Crippen molar-refractivity contribution in [3.63, 3.8) is 0 Å². The number of aromatic nitrogens is 3. The second-order valence-electron chi connectivity index (χ2n) is 4.72. The predicted octanol–water partition coefficient (Wildman–Crippen LogP) is 2.09. The second-order valence-corrected chi connectivity index (χ2v) is 4.72. The van der Waals surface area contributed by atoms with E-state index in [-0.39, 0.29) is 11.2 Å². The van der Waals surface area contributed by atoms with E-state index in [2.05, 4.69) is 9.97 Å². The molecule has 0 aliphatic carbocycles. The Labute approximate surface area is 114 Å². The van der Waals surface area contributed by atoms with Crippen LogP contribution in [-0.2, 0) is 6.54 Å². The zero-order chi connectivity index (χ0) is 14.1. The summed E-state index contributed by atoms with van der Waals surface area (Å²) in [6, 6.07) is 11.6. The highest BCUT2D eigenvalue weighted by atomic mass is 16.2. The molecule has 2 aromatic heterocycles. The lowest BCUT2D eigenvalue weighted by atomic mass is 10.2. The van der Waals surface area contributed by atoms with Crippen molar-refractivity contribution in [1.29, 1.82) is 0 Å². The van der Waals surface area contributed by atoms with E-state index in [0.29, 0.717) is 17.6 Å². The first-order valence-electron chi connectivity index (χ1n) is 6.62. The number of nitrogens with one attached hydrogen (secondary N) is 2. The topological polar surface area (TPSA) is 70.7 Å². The Hall–Kier alpha value is -2.56. The van der Waals surface area contributed by atoms with E-state index in [1.165, 1.54) is 0 Å². The molecule has 0 fully saturated rings. The van der Waals surface area contributed by atoms with Crippen LogP contribution in [0.25, 0.3) is 22.3 Å². The lowest BCUT2D eigenvalue weighted by Gasteiger charge is -2.03. The summed E-state index contributed by atoms with van der Waals surface area (Å²) in [5.74, 6) is 0. The molecule has 3 aromatic rings. The number of fused-ring (bicyclic) bond motifs is 1. The smallest absolute Gasteiger partial charge is 0.328 e. The molecule has 1 aromatic carbocycles. The standard InChI is InChI=1S/C15H15N3O2/c1-2-8-18-12-9-11(10-6-4-3-5-7-10)16-13(12)14(19)17-15(18)20/h3-7,9,16H,2,8H2,1H3,(H,17,19,20). The third kappa shape index (κ3) is 1.97. The van der Waals surface area contributed by atoms with E-state index in [1.54, 1.807) is 4.57 Å². The molecule has 2 N–H and O–H groups in total. The molecule has 5 nitrogen and oxygen atoms in total. The Morgan fingerprint density at radius 3 is 2.55 bits per heavy atom. The molecule has 0 saturated carbocycles. The molecule has 0 aliphatic rings. The molecule has 0 aliphatic heterocycles. The number of hydrogen-bond donors (Lipinski definition) is 2. The van der Waals surface area contributed by atoms with Crippen molar-refractivity contribution in [1.82, 2.24) is 14.5 Å². The van der Waals surface area contributed by atoms with Crippen molar-refractivity contribution in [3.05, 3.63) is 57.2 Å². The predicted molar refractivity (Wildman–Crippen MR) is 78.9 cm³/mol. The maximum Gasteiger partial charge on any atom is 0.328 e. The average Bonchev–Trinajstić information content (AvgIpc) is 2.90. The van der Waals surface area contributed by atoms with E-state index in [9.17, 15) is 9.59 Å². The zero-order valence-corrected chi connectivity index (χ0v) is 11.1. The molecule has 20 heavy (non-hydrogen) atoms. The van der Waals surface area contributed by atoms with Crippen LogP contribution in [0.2, 0.25) is 0 Å². The summed E-state index contributed by atoms with van der Waals surface area (Å²) < 4.78 is 1.60. The van der Waals surface area contributed by atoms with Crippen LogP contribution in [0.4, 0.5) is 0 Å². The molecule has 102 valence electrons. The summed E-state index contributed by atoms with van der Waals surface area (Å²) >= 11 is 0. The van der Waals surface area contributed by atoms with Crippen molar-refractivity contribution < 1.29 is 0 Å². The average molecular weight is 269 g/mol. The Kier molecular flexibility index (Phi) is 3.02. The Morgan fingerprint density at radius 2 is 1.85 bits per heavy atom. The van der Waals surface area contributed by atoms with Gasteiger partial charge in [-0.25, -0.2) is 4.79 Å². The number of rotatable bonds is 3. The molecule has 0 bridgehead atoms. The van der Waals surface area contributed by atoms with E-state index >= 15 is 0 Å². The van der Waals surface area contributed by atoms with Crippen LogP contribution >= 0.6 is 0 Å². The summed E-state index contributed by atoms with van der Waals surface area (Å²) in [5, 5.41) is 0. The molecule has 2 heterocycles. The number of hydrogen-bond acceptors (Lipinski definition) is 2. The summed E-state index contributed by atoms with van der Waals surface area (Å²) in [7, 11) is 0. The van der Waals surface area contributed by atoms with Gasteiger partial charge < -0.3 is 4.98 Å². The van der Waals surface area contributed by atoms with Gasteiger partial charge in [-0.15, -0.1) is 0 Å². The molecule has 0 saturated heterocycles. The van der Waals surface area contributed by atoms with Crippen molar-refractivity contribution in [2.24, 2.45) is 0 Å². The molecular weight excluding hydrogens is 254 g/mol. The maximum absolute atomic E-state index is 11.9. The van der Waals surface area contributed by atoms with Gasteiger partial charge in [-0.1, -0.05) is 37.3 Å². The van der Waals surface area contributed by atoms with E-state index in [4.69, 9.17) is 0 Å². The quantitative estimate of drug-likeness (QED) is 0.764. The highest BCUT2D eigenvalue weighted by Gasteiger charge is 2.11. The Balaban J connectivity index is 2.30. The van der Waals surface area contributed by atoms with Gasteiger partial charge in [0.15, 0.2) is 0 Å². The first-order valence-corrected chi connectivity index (χ1v) is 6.62. The SMILES string of the molecule is CCCn1c(=O)[nH]c(=O)c2[nH]c(-c3ccccc3)cc21. The van der Waals surface area contributed by atoms with Crippen molar-refractivity contribution >= 4 is 11.0 Å². The molecule has 3 rings (SSSR count). The summed E-state index contributed by atoms with van der Waals surface area (Å²) in [4.78, 5) is 29.2. The number of aryl methyl sites for hydroxylation is 1. The fourth-order valence-corrected chi connectivity index (χ4v) is 2.38. The normalized spacial score (nSPS) is 11.1. The zero-order valence-electron chi connectivity index (χ0n) is 11.1. The van der Waals surface area contributed by atoms with Gasteiger partial charge in [0, 0.05) is 12.2 Å². The van der Waals surface area contributed by atoms with Gasteiger partial charge >= 0.3 is 5.69 Å². The second kappa shape index (κ2) is 4.85. The first-order chi connectivity index (χ1) is 9.70. The molecular formula is C15H15N3O2. The summed E-state index contributed by atoms with van der Waals surface area (Å²) in [6.45, 7) is 2.58. The van der Waals surface area contributed by atoms with Crippen LogP contribution in [0, 0.1) is 0 Å². The number of H-pyrrole nitrogens is 2. The van der Waals surface area contributed by atoms with Gasteiger partial charge in [0.05, 0.1) is 5.52 Å². The maximum atomic E-state index is 11.9. The fourth-order valence-electron chi connectivity index (χ4n) is 2.38. The van der Waals surface area contributed by atoms with E-state index in [0.717, 1.165) is 17.7 Å². The van der Waals surface area contributed by atoms with E-state index in [1.807, 2.05) is 43.3 Å². The summed E-state index contributed by atoms with van der Waals surface area (Å²) in [6.07, 6.45) is 0.826. The molecule has 0 radical (unpaired) electrons. The Bertz CT molecular complexity index is 856. The largest absolute Gasteiger partial charge is 0.349 e. The lowest BCUT2D eigenvalue weighted by molar-refractivity contribution is 0.658. The first kappa shape index (κ1) is 12.5. The van der Waals surface area contributed by atoms with Gasteiger partial charge in [-0.2, -0.15) is 0 Å². The van der Waals surface area contributed by atoms with Crippen LogP contribution in [-0.4, -0.2) is 14.5 Å². The molecule has 0 amide bonds. The molecule has 0 spiro atoms. The third-order valence-corrected chi connectivity index (χ3v) is 3.31. The van der Waals surface area contributed by atoms with Gasteiger partial charge in [0.2, 0.25) is 0 Å². The molecule has 5 heteroatoms. The van der Waals surface area contributed by atoms with Crippen molar-refractivity contribution in [2.45, 2.75) is 19.9 Å². The highest BCUT2D eigenvalue weighted by Crippen LogP contribution is 2.21. The van der Waals surface area contributed by atoms with Crippen LogP contribution in [0.1, 0.15) is 13.3 Å². The molecule has 0 atom stereocenters. The monoisotopic (exact) mass is 269 g/mol. The van der Waals surface area contributed by atoms with Gasteiger partial charge in [0.25, 0.3) is 5.56 Å². The fraction of sp³-hybridized carbons (Fsp3) is 0.200. The highest BCUT2D eigenvalue weighted by molar-refractivity contribution is 5.82. The van der Waals surface area contributed by atoms with Gasteiger partial charge in [-0.05, 0) is 18.1 Å². The number of aromatic amines is 2. The van der Waals surface area contributed by atoms with Crippen LogP contribution in [0.5, 0.6) is 0 Å². The lowest BCUT2D eigenvalue weighted by Crippen LogP contribution is -2.29. The summed E-state index contributed by atoms with van der Waals surface area (Å²) in [5.41, 5.74) is 2.18. The van der Waals surface area contributed by atoms with Gasteiger partial charge in [-0.3, -0.25) is 14.3 Å². The minimum absolute atomic E-state index is 0.358. The minimum Gasteiger partial charge on any atom is -0.349 e. The minimum atomic E-state index is -0.375.